The Morgan fingerprint density at radius 1 is 1.30 bits per heavy atom. The SMILES string of the molecule is CC(C)Cn1cc([C@@H](C)NS(=O)(=O)C2CC2)c2ccc(Cl)cc21. The number of nitrogens with one attached hydrogen (secondary N) is 1. The van der Waals surface area contributed by atoms with Gasteiger partial charge in [-0.15, -0.1) is 0 Å². The molecule has 1 heterocycles. The van der Waals surface area contributed by atoms with E-state index in [1.54, 1.807) is 0 Å². The zero-order valence-electron chi connectivity index (χ0n) is 13.7. The summed E-state index contributed by atoms with van der Waals surface area (Å²) < 4.78 is 29.4. The number of nitrogens with zero attached hydrogens (tertiary/aromatic N) is 1. The van der Waals surface area contributed by atoms with E-state index in [0.717, 1.165) is 35.9 Å². The van der Waals surface area contributed by atoms with Gasteiger partial charge in [-0.25, -0.2) is 13.1 Å². The zero-order valence-corrected chi connectivity index (χ0v) is 15.3. The fourth-order valence-electron chi connectivity index (χ4n) is 2.97. The second-order valence-electron chi connectivity index (χ2n) is 6.88. The molecule has 0 unspecified atom stereocenters. The molecule has 1 aromatic heterocycles. The van der Waals surface area contributed by atoms with Crippen LogP contribution in [-0.2, 0) is 16.6 Å². The maximum Gasteiger partial charge on any atom is 0.215 e. The number of fused-ring (bicyclic) bond motifs is 1. The summed E-state index contributed by atoms with van der Waals surface area (Å²) in [5.41, 5.74) is 2.06. The lowest BCUT2D eigenvalue weighted by Gasteiger charge is -2.13. The normalized spacial score (nSPS) is 17.1. The van der Waals surface area contributed by atoms with E-state index < -0.39 is 10.0 Å². The molecule has 2 aromatic rings. The Morgan fingerprint density at radius 2 is 2.00 bits per heavy atom. The molecule has 6 heteroatoms. The number of hydrogen-bond acceptors (Lipinski definition) is 2. The molecule has 0 spiro atoms. The highest BCUT2D eigenvalue weighted by molar-refractivity contribution is 7.90. The summed E-state index contributed by atoms with van der Waals surface area (Å²) in [5.74, 6) is 0.496. The van der Waals surface area contributed by atoms with E-state index in [2.05, 4.69) is 29.3 Å². The molecule has 0 bridgehead atoms. The quantitative estimate of drug-likeness (QED) is 0.849. The van der Waals surface area contributed by atoms with Gasteiger partial charge in [-0.2, -0.15) is 0 Å². The first-order chi connectivity index (χ1) is 10.8. The van der Waals surface area contributed by atoms with Crippen LogP contribution in [0.3, 0.4) is 0 Å². The van der Waals surface area contributed by atoms with Gasteiger partial charge in [-0.1, -0.05) is 31.5 Å². The van der Waals surface area contributed by atoms with Crippen LogP contribution in [0.5, 0.6) is 0 Å². The van der Waals surface area contributed by atoms with Gasteiger partial charge in [-0.05, 0) is 43.4 Å². The molecule has 1 fully saturated rings. The van der Waals surface area contributed by atoms with Crippen LogP contribution in [0, 0.1) is 5.92 Å². The third-order valence-electron chi connectivity index (χ3n) is 4.21. The molecular formula is C17H23ClN2O2S. The topological polar surface area (TPSA) is 51.1 Å². The number of halogens is 1. The third kappa shape index (κ3) is 3.57. The van der Waals surface area contributed by atoms with E-state index in [1.807, 2.05) is 25.1 Å². The highest BCUT2D eigenvalue weighted by atomic mass is 35.5. The van der Waals surface area contributed by atoms with Crippen LogP contribution in [0.1, 0.15) is 45.2 Å². The number of benzene rings is 1. The van der Waals surface area contributed by atoms with Gasteiger partial charge in [0.1, 0.15) is 0 Å². The molecule has 0 radical (unpaired) electrons. The first kappa shape index (κ1) is 16.8. The van der Waals surface area contributed by atoms with Gasteiger partial charge in [0.05, 0.1) is 5.25 Å². The summed E-state index contributed by atoms with van der Waals surface area (Å²) in [6.07, 6.45) is 3.60. The van der Waals surface area contributed by atoms with Crippen molar-refractivity contribution in [3.63, 3.8) is 0 Å². The maximum atomic E-state index is 12.2. The van der Waals surface area contributed by atoms with Gasteiger partial charge in [0.15, 0.2) is 0 Å². The van der Waals surface area contributed by atoms with Crippen LogP contribution in [-0.4, -0.2) is 18.2 Å². The van der Waals surface area contributed by atoms with Crippen LogP contribution in [0.2, 0.25) is 5.02 Å². The lowest BCUT2D eigenvalue weighted by molar-refractivity contribution is 0.532. The molecule has 1 atom stereocenters. The maximum absolute atomic E-state index is 12.2. The minimum Gasteiger partial charge on any atom is -0.347 e. The lowest BCUT2D eigenvalue weighted by Crippen LogP contribution is -2.29. The monoisotopic (exact) mass is 354 g/mol. The summed E-state index contributed by atoms with van der Waals surface area (Å²) >= 11 is 6.15. The lowest BCUT2D eigenvalue weighted by atomic mass is 10.1. The van der Waals surface area contributed by atoms with Crippen molar-refractivity contribution in [2.45, 2.75) is 51.4 Å². The Bertz CT molecular complexity index is 822. The van der Waals surface area contributed by atoms with Crippen LogP contribution in [0.25, 0.3) is 10.9 Å². The van der Waals surface area contributed by atoms with E-state index in [1.165, 1.54) is 0 Å². The van der Waals surface area contributed by atoms with Gasteiger partial charge in [0.25, 0.3) is 0 Å². The second kappa shape index (κ2) is 6.11. The highest BCUT2D eigenvalue weighted by Gasteiger charge is 2.36. The number of rotatable bonds is 6. The van der Waals surface area contributed by atoms with E-state index in [-0.39, 0.29) is 11.3 Å². The Balaban J connectivity index is 1.99. The van der Waals surface area contributed by atoms with E-state index in [9.17, 15) is 8.42 Å². The Labute approximate surface area is 142 Å². The number of sulfonamides is 1. The molecular weight excluding hydrogens is 332 g/mol. The van der Waals surface area contributed by atoms with Crippen molar-refractivity contribution in [2.75, 3.05) is 0 Å². The first-order valence-corrected chi connectivity index (χ1v) is 10.00. The van der Waals surface area contributed by atoms with Crippen LogP contribution < -0.4 is 4.72 Å². The summed E-state index contributed by atoms with van der Waals surface area (Å²) in [6, 6.07) is 5.53. The fraction of sp³-hybridized carbons (Fsp3) is 0.529. The largest absolute Gasteiger partial charge is 0.347 e. The molecule has 1 aromatic carbocycles. The second-order valence-corrected chi connectivity index (χ2v) is 9.30. The molecule has 126 valence electrons. The standard InChI is InChI=1S/C17H23ClN2O2S/c1-11(2)9-20-10-16(15-7-4-13(18)8-17(15)20)12(3)19-23(21,22)14-5-6-14/h4,7-8,10-12,14,19H,5-6,9H2,1-3H3/t12-/m1/s1. The zero-order chi connectivity index (χ0) is 16.8. The van der Waals surface area contributed by atoms with Crippen LogP contribution in [0.4, 0.5) is 0 Å². The van der Waals surface area contributed by atoms with Crippen molar-refractivity contribution in [2.24, 2.45) is 5.92 Å². The van der Waals surface area contributed by atoms with Crippen molar-refractivity contribution in [1.29, 1.82) is 0 Å². The number of hydrogen-bond donors (Lipinski definition) is 1. The molecule has 23 heavy (non-hydrogen) atoms. The molecule has 1 N–H and O–H groups in total. The summed E-state index contributed by atoms with van der Waals surface area (Å²) in [6.45, 7) is 7.10. The average Bonchev–Trinajstić information content (AvgIpc) is 3.23. The summed E-state index contributed by atoms with van der Waals surface area (Å²) in [7, 11) is -3.21. The van der Waals surface area contributed by atoms with Crippen molar-refractivity contribution in [3.8, 4) is 0 Å². The highest BCUT2D eigenvalue weighted by Crippen LogP contribution is 2.32. The number of aromatic nitrogens is 1. The van der Waals surface area contributed by atoms with Crippen molar-refractivity contribution >= 4 is 32.5 Å². The van der Waals surface area contributed by atoms with E-state index >= 15 is 0 Å². The summed E-state index contributed by atoms with van der Waals surface area (Å²) in [4.78, 5) is 0. The molecule has 1 saturated carbocycles. The van der Waals surface area contributed by atoms with Crippen LogP contribution in [0.15, 0.2) is 24.4 Å². The Hall–Kier alpha value is -1.04. The molecule has 0 aliphatic heterocycles. The van der Waals surface area contributed by atoms with Gasteiger partial charge in [0.2, 0.25) is 10.0 Å². The summed E-state index contributed by atoms with van der Waals surface area (Å²) in [5, 5.41) is 1.54. The molecule has 0 amide bonds. The predicted molar refractivity (Wildman–Crippen MR) is 95.3 cm³/mol. The van der Waals surface area contributed by atoms with Gasteiger partial charge in [0, 0.05) is 34.7 Å². The molecule has 1 aliphatic carbocycles. The average molecular weight is 355 g/mol. The molecule has 4 nitrogen and oxygen atoms in total. The van der Waals surface area contributed by atoms with Gasteiger partial charge < -0.3 is 4.57 Å². The smallest absolute Gasteiger partial charge is 0.215 e. The van der Waals surface area contributed by atoms with Gasteiger partial charge in [-0.3, -0.25) is 0 Å². The first-order valence-electron chi connectivity index (χ1n) is 8.07. The predicted octanol–water partition coefficient (Wildman–Crippen LogP) is 4.09. The van der Waals surface area contributed by atoms with Crippen molar-refractivity contribution in [3.05, 3.63) is 35.0 Å². The van der Waals surface area contributed by atoms with E-state index in [0.29, 0.717) is 10.9 Å². The molecule has 3 rings (SSSR count). The third-order valence-corrected chi connectivity index (χ3v) is 6.47. The minimum absolute atomic E-state index is 0.205. The van der Waals surface area contributed by atoms with Gasteiger partial charge >= 0.3 is 0 Å². The molecule has 0 saturated heterocycles. The molecule has 1 aliphatic rings. The Morgan fingerprint density at radius 3 is 2.61 bits per heavy atom. The Kier molecular flexibility index (Phi) is 4.47. The minimum atomic E-state index is -3.21. The fourth-order valence-corrected chi connectivity index (χ4v) is 4.70. The van der Waals surface area contributed by atoms with E-state index in [4.69, 9.17) is 11.6 Å². The van der Waals surface area contributed by atoms with Crippen LogP contribution >= 0.6 is 11.6 Å². The van der Waals surface area contributed by atoms with Crippen molar-refractivity contribution in [1.82, 2.24) is 9.29 Å². The van der Waals surface area contributed by atoms with Crippen molar-refractivity contribution < 1.29 is 8.42 Å².